The number of hydrogen-bond donors (Lipinski definition) is 2. The zero-order valence-corrected chi connectivity index (χ0v) is 10.0. The Hall–Kier alpha value is -1.85. The summed E-state index contributed by atoms with van der Waals surface area (Å²) in [7, 11) is 0. The van der Waals surface area contributed by atoms with Crippen molar-refractivity contribution in [2.24, 2.45) is 0 Å². The molecule has 17 heavy (non-hydrogen) atoms. The van der Waals surface area contributed by atoms with Crippen LogP contribution < -0.4 is 16.6 Å². The van der Waals surface area contributed by atoms with Crippen LogP contribution in [-0.4, -0.2) is 21.5 Å². The fourth-order valence-electron chi connectivity index (χ4n) is 1.57. The number of carbonyl (C=O) groups is 1. The van der Waals surface area contributed by atoms with E-state index in [2.05, 4.69) is 10.3 Å². The minimum Gasteiger partial charge on any atom is -0.352 e. The molecule has 0 radical (unpaired) electrons. The molecule has 0 saturated carbocycles. The molecule has 1 heterocycles. The van der Waals surface area contributed by atoms with Gasteiger partial charge < -0.3 is 10.3 Å². The largest absolute Gasteiger partial charge is 0.352 e. The molecule has 6 heteroatoms. The Balaban J connectivity index is 2.69. The van der Waals surface area contributed by atoms with Gasteiger partial charge in [0.05, 0.1) is 0 Å². The highest BCUT2D eigenvalue weighted by atomic mass is 16.2. The summed E-state index contributed by atoms with van der Waals surface area (Å²) in [6.45, 7) is 3.66. The highest BCUT2D eigenvalue weighted by molar-refractivity contribution is 5.75. The standard InChI is InChI=1S/C11H17N3O3/c1-3-4-8(2)13-9(15)7-14-10(16)5-6-12-11(14)17/h5-6,8H,3-4,7H2,1-2H3,(H,12,17)(H,13,15). The van der Waals surface area contributed by atoms with E-state index in [0.29, 0.717) is 0 Å². The molecule has 2 N–H and O–H groups in total. The SMILES string of the molecule is CCCC(C)NC(=O)Cn1c(=O)cc[nH]c1=O. The highest BCUT2D eigenvalue weighted by Gasteiger charge is 2.09. The maximum atomic E-state index is 11.6. The normalized spacial score (nSPS) is 12.1. The van der Waals surface area contributed by atoms with Crippen LogP contribution in [0.3, 0.4) is 0 Å². The van der Waals surface area contributed by atoms with Crippen molar-refractivity contribution in [1.29, 1.82) is 0 Å². The van der Waals surface area contributed by atoms with Crippen LogP contribution in [0.15, 0.2) is 21.9 Å². The Morgan fingerprint density at radius 1 is 1.53 bits per heavy atom. The van der Waals surface area contributed by atoms with Gasteiger partial charge in [0.2, 0.25) is 5.91 Å². The molecule has 1 unspecified atom stereocenters. The second kappa shape index (κ2) is 6.03. The van der Waals surface area contributed by atoms with Crippen LogP contribution in [-0.2, 0) is 11.3 Å². The zero-order valence-electron chi connectivity index (χ0n) is 10.0. The van der Waals surface area contributed by atoms with Gasteiger partial charge in [-0.15, -0.1) is 0 Å². The summed E-state index contributed by atoms with van der Waals surface area (Å²) in [4.78, 5) is 36.6. The molecule has 1 aromatic heterocycles. The molecule has 1 rings (SSSR count). The van der Waals surface area contributed by atoms with Gasteiger partial charge in [-0.1, -0.05) is 13.3 Å². The summed E-state index contributed by atoms with van der Waals surface area (Å²) >= 11 is 0. The van der Waals surface area contributed by atoms with Gasteiger partial charge in [-0.3, -0.25) is 14.2 Å². The lowest BCUT2D eigenvalue weighted by Gasteiger charge is -2.12. The van der Waals surface area contributed by atoms with Crippen LogP contribution in [0, 0.1) is 0 Å². The molecule has 1 atom stereocenters. The van der Waals surface area contributed by atoms with E-state index in [1.54, 1.807) is 0 Å². The maximum absolute atomic E-state index is 11.6. The topological polar surface area (TPSA) is 84.0 Å². The van der Waals surface area contributed by atoms with Crippen LogP contribution in [0.4, 0.5) is 0 Å². The monoisotopic (exact) mass is 239 g/mol. The average Bonchev–Trinajstić information content (AvgIpc) is 2.24. The van der Waals surface area contributed by atoms with Crippen molar-refractivity contribution in [3.05, 3.63) is 33.1 Å². The number of amides is 1. The fourth-order valence-corrected chi connectivity index (χ4v) is 1.57. The number of aromatic amines is 1. The molecule has 0 aliphatic carbocycles. The smallest absolute Gasteiger partial charge is 0.328 e. The molecular formula is C11H17N3O3. The summed E-state index contributed by atoms with van der Waals surface area (Å²) in [5.74, 6) is -0.329. The first-order valence-corrected chi connectivity index (χ1v) is 5.62. The molecule has 94 valence electrons. The molecule has 0 fully saturated rings. The van der Waals surface area contributed by atoms with Gasteiger partial charge in [0, 0.05) is 18.3 Å². The molecule has 0 aliphatic heterocycles. The van der Waals surface area contributed by atoms with Crippen LogP contribution >= 0.6 is 0 Å². The van der Waals surface area contributed by atoms with E-state index in [9.17, 15) is 14.4 Å². The summed E-state index contributed by atoms with van der Waals surface area (Å²) in [6.07, 6.45) is 3.10. The predicted octanol–water partition coefficient (Wildman–Crippen LogP) is -0.159. The number of H-pyrrole nitrogens is 1. The fraction of sp³-hybridized carbons (Fsp3) is 0.545. The van der Waals surface area contributed by atoms with Crippen molar-refractivity contribution in [2.45, 2.75) is 39.3 Å². The number of rotatable bonds is 5. The molecule has 1 aromatic rings. The van der Waals surface area contributed by atoms with Crippen molar-refractivity contribution in [1.82, 2.24) is 14.9 Å². The summed E-state index contributed by atoms with van der Waals surface area (Å²) in [6, 6.07) is 1.26. The number of aromatic nitrogens is 2. The maximum Gasteiger partial charge on any atom is 0.328 e. The van der Waals surface area contributed by atoms with Crippen LogP contribution in [0.25, 0.3) is 0 Å². The number of nitrogens with one attached hydrogen (secondary N) is 2. The summed E-state index contributed by atoms with van der Waals surface area (Å²) < 4.78 is 0.869. The molecule has 6 nitrogen and oxygen atoms in total. The lowest BCUT2D eigenvalue weighted by molar-refractivity contribution is -0.122. The molecule has 0 aromatic carbocycles. The third-order valence-electron chi connectivity index (χ3n) is 2.37. The molecule has 0 aliphatic rings. The number of hydrogen-bond acceptors (Lipinski definition) is 3. The second-order valence-corrected chi connectivity index (χ2v) is 3.96. The first-order valence-electron chi connectivity index (χ1n) is 5.62. The third kappa shape index (κ3) is 3.90. The van der Waals surface area contributed by atoms with Gasteiger partial charge in [0.25, 0.3) is 5.56 Å². The van der Waals surface area contributed by atoms with E-state index in [1.807, 2.05) is 13.8 Å². The Morgan fingerprint density at radius 3 is 2.82 bits per heavy atom. The Bertz CT molecular complexity index is 461. The van der Waals surface area contributed by atoms with Gasteiger partial charge in [-0.05, 0) is 13.3 Å². The lowest BCUT2D eigenvalue weighted by atomic mass is 10.2. The van der Waals surface area contributed by atoms with E-state index in [0.717, 1.165) is 17.4 Å². The molecule has 0 saturated heterocycles. The van der Waals surface area contributed by atoms with Gasteiger partial charge in [-0.25, -0.2) is 4.79 Å². The highest BCUT2D eigenvalue weighted by Crippen LogP contribution is 1.94. The lowest BCUT2D eigenvalue weighted by Crippen LogP contribution is -2.42. The van der Waals surface area contributed by atoms with Crippen molar-refractivity contribution in [3.8, 4) is 0 Å². The first kappa shape index (κ1) is 13.2. The van der Waals surface area contributed by atoms with Crippen molar-refractivity contribution in [2.75, 3.05) is 0 Å². The van der Waals surface area contributed by atoms with Gasteiger partial charge in [0.15, 0.2) is 0 Å². The van der Waals surface area contributed by atoms with E-state index in [-0.39, 0.29) is 18.5 Å². The Morgan fingerprint density at radius 2 is 2.24 bits per heavy atom. The van der Waals surface area contributed by atoms with E-state index < -0.39 is 11.2 Å². The van der Waals surface area contributed by atoms with Crippen LogP contribution in [0.5, 0.6) is 0 Å². The van der Waals surface area contributed by atoms with Gasteiger partial charge in [-0.2, -0.15) is 0 Å². The van der Waals surface area contributed by atoms with Crippen molar-refractivity contribution in [3.63, 3.8) is 0 Å². The third-order valence-corrected chi connectivity index (χ3v) is 2.37. The Kier molecular flexibility index (Phi) is 4.68. The zero-order chi connectivity index (χ0) is 12.8. The van der Waals surface area contributed by atoms with Crippen molar-refractivity contribution < 1.29 is 4.79 Å². The quantitative estimate of drug-likeness (QED) is 0.749. The minimum atomic E-state index is -0.573. The second-order valence-electron chi connectivity index (χ2n) is 3.96. The molecule has 0 spiro atoms. The van der Waals surface area contributed by atoms with E-state index in [4.69, 9.17) is 0 Å². The number of nitrogens with zero attached hydrogens (tertiary/aromatic N) is 1. The predicted molar refractivity (Wildman–Crippen MR) is 63.8 cm³/mol. The average molecular weight is 239 g/mol. The first-order chi connectivity index (χ1) is 8.04. The van der Waals surface area contributed by atoms with E-state index >= 15 is 0 Å². The van der Waals surface area contributed by atoms with E-state index in [1.165, 1.54) is 12.3 Å². The van der Waals surface area contributed by atoms with Gasteiger partial charge >= 0.3 is 5.69 Å². The molecule has 0 bridgehead atoms. The number of carbonyl (C=O) groups excluding carboxylic acids is 1. The van der Waals surface area contributed by atoms with Crippen LogP contribution in [0.1, 0.15) is 26.7 Å². The summed E-state index contributed by atoms with van der Waals surface area (Å²) in [5, 5.41) is 2.73. The molecule has 1 amide bonds. The van der Waals surface area contributed by atoms with Crippen molar-refractivity contribution >= 4 is 5.91 Å². The Labute approximate surface area is 98.7 Å². The van der Waals surface area contributed by atoms with Crippen LogP contribution in [0.2, 0.25) is 0 Å². The molecular weight excluding hydrogens is 222 g/mol. The summed E-state index contributed by atoms with van der Waals surface area (Å²) in [5.41, 5.74) is -1.05. The minimum absolute atomic E-state index is 0.0472. The van der Waals surface area contributed by atoms with Gasteiger partial charge in [0.1, 0.15) is 6.54 Å².